The Hall–Kier alpha value is -1.11. The van der Waals surface area contributed by atoms with E-state index in [1.807, 2.05) is 27.7 Å². The number of hydrogen-bond donors (Lipinski definition) is 1. The molecule has 0 spiro atoms. The predicted octanol–water partition coefficient (Wildman–Crippen LogP) is 3.97. The summed E-state index contributed by atoms with van der Waals surface area (Å²) in [4.78, 5) is 13.8. The molecule has 0 aliphatic carbocycles. The summed E-state index contributed by atoms with van der Waals surface area (Å²) >= 11 is 3.17. The Morgan fingerprint density at radius 3 is 2.62 bits per heavy atom. The van der Waals surface area contributed by atoms with Crippen LogP contribution in [0.25, 0.3) is 5.53 Å². The summed E-state index contributed by atoms with van der Waals surface area (Å²) in [6.07, 6.45) is 2.46. The molecule has 0 radical (unpaired) electrons. The average molecular weight is 360 g/mol. The predicted molar refractivity (Wildman–Crippen MR) is 86.0 cm³/mol. The number of carbonyl (C=O) groups is 1. The quantitative estimate of drug-likeness (QED) is 0.611. The number of nitrogens with one attached hydrogen (secondary N) is 1. The van der Waals surface area contributed by atoms with Gasteiger partial charge in [0.05, 0.1) is 0 Å². The Bertz CT molecular complexity index is 418. The van der Waals surface area contributed by atoms with E-state index in [0.29, 0.717) is 17.7 Å². The van der Waals surface area contributed by atoms with Gasteiger partial charge in [0, 0.05) is 24.8 Å². The van der Waals surface area contributed by atoms with Gasteiger partial charge in [-0.2, -0.15) is 0 Å². The lowest BCUT2D eigenvalue weighted by Gasteiger charge is -2.26. The number of hydrogen-bond acceptors (Lipinski definition) is 4. The van der Waals surface area contributed by atoms with Crippen molar-refractivity contribution in [1.29, 1.82) is 0 Å². The summed E-state index contributed by atoms with van der Waals surface area (Å²) in [5.74, 6) is 0. The molecule has 1 N–H and O–H groups in total. The number of rotatable bonds is 3. The van der Waals surface area contributed by atoms with E-state index < -0.39 is 5.60 Å². The minimum Gasteiger partial charge on any atom is -0.706 e. The molecule has 1 atom stereocenters. The first-order valence-electron chi connectivity index (χ1n) is 7.19. The lowest BCUT2D eigenvalue weighted by atomic mass is 10.1. The third kappa shape index (κ3) is 6.46. The van der Waals surface area contributed by atoms with Crippen molar-refractivity contribution in [2.45, 2.75) is 58.6 Å². The Morgan fingerprint density at radius 2 is 2.05 bits per heavy atom. The molecule has 1 saturated heterocycles. The van der Waals surface area contributed by atoms with E-state index in [-0.39, 0.29) is 12.1 Å². The van der Waals surface area contributed by atoms with Gasteiger partial charge in [-0.15, -0.1) is 0 Å². The summed E-state index contributed by atoms with van der Waals surface area (Å²) in [5, 5.41) is 6.43. The van der Waals surface area contributed by atoms with E-state index in [0.717, 1.165) is 25.0 Å². The highest BCUT2D eigenvalue weighted by Gasteiger charge is 2.25. The molecule has 1 fully saturated rings. The van der Waals surface area contributed by atoms with Gasteiger partial charge in [0.15, 0.2) is 0 Å². The Morgan fingerprint density at radius 1 is 1.38 bits per heavy atom. The minimum absolute atomic E-state index is 0.248. The molecule has 1 aliphatic rings. The summed E-state index contributed by atoms with van der Waals surface area (Å²) in [6.45, 7) is 8.83. The molecule has 1 amide bonds. The molecule has 21 heavy (non-hydrogen) atoms. The van der Waals surface area contributed by atoms with Gasteiger partial charge in [-0.3, -0.25) is 0 Å². The maximum absolute atomic E-state index is 12.1. The molecular formula is C14H24BrN4O2-. The van der Waals surface area contributed by atoms with Crippen LogP contribution in [0.2, 0.25) is 0 Å². The van der Waals surface area contributed by atoms with Gasteiger partial charge in [0.25, 0.3) is 0 Å². The molecule has 7 heteroatoms. The second-order valence-electron chi connectivity index (χ2n) is 6.26. The van der Waals surface area contributed by atoms with Gasteiger partial charge < -0.3 is 25.6 Å². The molecule has 0 bridgehead atoms. The maximum Gasteiger partial charge on any atom is 0.410 e. The highest BCUT2D eigenvalue weighted by molar-refractivity contribution is 9.11. The van der Waals surface area contributed by atoms with E-state index >= 15 is 0 Å². The van der Waals surface area contributed by atoms with Crippen LogP contribution in [0.15, 0.2) is 15.4 Å². The van der Waals surface area contributed by atoms with Crippen LogP contribution >= 0.6 is 15.9 Å². The molecule has 0 saturated carbocycles. The van der Waals surface area contributed by atoms with Crippen LogP contribution in [-0.2, 0) is 4.74 Å². The Labute approximate surface area is 134 Å². The standard InChI is InChI=1S/C14H24BrN4O2/c1-10(12(15)18-16)17-11-6-5-8-19(9-7-11)13(20)21-14(2,3)4/h11,17H,5-9H2,1-4H3/q-1/b12-10-. The number of carbonyl (C=O) groups excluding carboxylic acids is 1. The van der Waals surface area contributed by atoms with E-state index in [1.54, 1.807) is 4.90 Å². The minimum atomic E-state index is -0.464. The number of likely N-dealkylation sites (tertiary alicyclic amines) is 1. The van der Waals surface area contributed by atoms with Crippen LogP contribution < -0.4 is 5.32 Å². The zero-order valence-electron chi connectivity index (χ0n) is 13.1. The number of halogens is 1. The molecule has 1 unspecified atom stereocenters. The van der Waals surface area contributed by atoms with Crippen molar-refractivity contribution in [1.82, 2.24) is 10.2 Å². The van der Waals surface area contributed by atoms with Gasteiger partial charge in [-0.1, -0.05) is 0 Å². The largest absolute Gasteiger partial charge is 0.706 e. The molecule has 1 rings (SSSR count). The second-order valence-corrected chi connectivity index (χ2v) is 7.01. The highest BCUT2D eigenvalue weighted by Crippen LogP contribution is 2.18. The fourth-order valence-corrected chi connectivity index (χ4v) is 2.30. The first-order valence-corrected chi connectivity index (χ1v) is 7.98. The van der Waals surface area contributed by atoms with Crippen LogP contribution in [0, 0.1) is 0 Å². The summed E-state index contributed by atoms with van der Waals surface area (Å²) in [6, 6.07) is 0.256. The van der Waals surface area contributed by atoms with Crippen LogP contribution in [0.1, 0.15) is 47.0 Å². The zero-order valence-corrected chi connectivity index (χ0v) is 14.7. The monoisotopic (exact) mass is 359 g/mol. The van der Waals surface area contributed by atoms with E-state index in [2.05, 4.69) is 26.4 Å². The zero-order chi connectivity index (χ0) is 16.0. The van der Waals surface area contributed by atoms with Gasteiger partial charge in [-0.05, 0) is 62.9 Å². The normalized spacial score (nSPS) is 21.2. The van der Waals surface area contributed by atoms with Gasteiger partial charge in [0.2, 0.25) is 0 Å². The van der Waals surface area contributed by atoms with E-state index in [9.17, 15) is 4.79 Å². The highest BCUT2D eigenvalue weighted by atomic mass is 79.9. The maximum atomic E-state index is 12.1. The Balaban J connectivity index is 2.54. The number of nitrogens with zero attached hydrogens (tertiary/aromatic N) is 3. The lowest BCUT2D eigenvalue weighted by Crippen LogP contribution is -2.38. The van der Waals surface area contributed by atoms with Crippen molar-refractivity contribution in [2.24, 2.45) is 5.11 Å². The van der Waals surface area contributed by atoms with Crippen molar-refractivity contribution >= 4 is 22.0 Å². The molecule has 1 aliphatic heterocycles. The average Bonchev–Trinajstić information content (AvgIpc) is 2.61. The molecular weight excluding hydrogens is 336 g/mol. The van der Waals surface area contributed by atoms with E-state index in [1.165, 1.54) is 0 Å². The van der Waals surface area contributed by atoms with Gasteiger partial charge in [-0.25, -0.2) is 4.79 Å². The summed E-state index contributed by atoms with van der Waals surface area (Å²) in [5.41, 5.74) is 9.04. The summed E-state index contributed by atoms with van der Waals surface area (Å²) in [7, 11) is 0. The summed E-state index contributed by atoms with van der Waals surface area (Å²) < 4.78 is 5.81. The second kappa shape index (κ2) is 7.77. The van der Waals surface area contributed by atoms with Crippen molar-refractivity contribution in [3.63, 3.8) is 0 Å². The van der Waals surface area contributed by atoms with Gasteiger partial charge >= 0.3 is 6.09 Å². The van der Waals surface area contributed by atoms with Crippen LogP contribution in [0.5, 0.6) is 0 Å². The third-order valence-electron chi connectivity index (χ3n) is 3.20. The van der Waals surface area contributed by atoms with Crippen molar-refractivity contribution < 1.29 is 9.53 Å². The first kappa shape index (κ1) is 17.9. The molecule has 0 aromatic rings. The van der Waals surface area contributed by atoms with Crippen LogP contribution in [0.3, 0.4) is 0 Å². The van der Waals surface area contributed by atoms with Crippen molar-refractivity contribution in [3.8, 4) is 0 Å². The third-order valence-corrected chi connectivity index (χ3v) is 3.95. The van der Waals surface area contributed by atoms with Crippen molar-refractivity contribution in [3.05, 3.63) is 15.8 Å². The van der Waals surface area contributed by atoms with Gasteiger partial charge in [0.1, 0.15) is 10.2 Å². The van der Waals surface area contributed by atoms with Crippen molar-refractivity contribution in [2.75, 3.05) is 13.1 Å². The van der Waals surface area contributed by atoms with Crippen LogP contribution in [0.4, 0.5) is 4.79 Å². The number of ether oxygens (including phenoxy) is 1. The fraction of sp³-hybridized carbons (Fsp3) is 0.786. The topological polar surface area (TPSA) is 76.2 Å². The SMILES string of the molecule is C/C(NC1CCCN(C(=O)OC(C)(C)C)CC1)=C(\Br)N=[N-]. The number of allylic oxidation sites excluding steroid dienone is 1. The smallest absolute Gasteiger partial charge is 0.410 e. The van der Waals surface area contributed by atoms with Crippen LogP contribution in [-0.4, -0.2) is 35.7 Å². The molecule has 1 heterocycles. The lowest BCUT2D eigenvalue weighted by molar-refractivity contribution is 0.0256. The molecule has 0 aromatic carbocycles. The Kier molecular flexibility index (Phi) is 6.64. The molecule has 0 aromatic heterocycles. The molecule has 6 nitrogen and oxygen atoms in total. The fourth-order valence-electron chi connectivity index (χ4n) is 2.19. The molecule has 120 valence electrons. The first-order chi connectivity index (χ1) is 9.73. The van der Waals surface area contributed by atoms with E-state index in [4.69, 9.17) is 10.3 Å². The number of amides is 1.